The van der Waals surface area contributed by atoms with Gasteiger partial charge in [0.15, 0.2) is 4.77 Å². The molecule has 2 N–H and O–H groups in total. The maximum atomic E-state index is 13.1. The molecule has 0 aliphatic rings. The van der Waals surface area contributed by atoms with Crippen LogP contribution in [-0.4, -0.2) is 35.6 Å². The van der Waals surface area contributed by atoms with E-state index in [1.807, 2.05) is 24.3 Å². The number of benzene rings is 3. The third-order valence-electron chi connectivity index (χ3n) is 5.55. The Kier molecular flexibility index (Phi) is 7.07. The summed E-state index contributed by atoms with van der Waals surface area (Å²) in [4.78, 5) is 40.3. The van der Waals surface area contributed by atoms with E-state index in [9.17, 15) is 14.4 Å². The highest BCUT2D eigenvalue weighted by atomic mass is 32.1. The van der Waals surface area contributed by atoms with Crippen LogP contribution in [0.15, 0.2) is 71.5 Å². The van der Waals surface area contributed by atoms with E-state index < -0.39 is 5.97 Å². The van der Waals surface area contributed by atoms with Crippen molar-refractivity contribution in [2.45, 2.75) is 13.0 Å². The lowest BCUT2D eigenvalue weighted by Gasteiger charge is -2.11. The first kappa shape index (κ1) is 23.9. The fourth-order valence-electron chi connectivity index (χ4n) is 3.75. The highest BCUT2D eigenvalue weighted by Gasteiger charge is 2.12. The number of rotatable bonds is 7. The van der Waals surface area contributed by atoms with E-state index >= 15 is 0 Å². The van der Waals surface area contributed by atoms with Crippen molar-refractivity contribution in [1.29, 1.82) is 0 Å². The quantitative estimate of drug-likeness (QED) is 0.303. The number of carbonyl (C=O) groups is 2. The third kappa shape index (κ3) is 5.15. The first-order chi connectivity index (χ1) is 16.9. The summed E-state index contributed by atoms with van der Waals surface area (Å²) >= 11 is 5.41. The number of hydrogen-bond acceptors (Lipinski definition) is 6. The van der Waals surface area contributed by atoms with Crippen LogP contribution < -0.4 is 15.6 Å². The summed E-state index contributed by atoms with van der Waals surface area (Å²) in [5.74, 6) is 0.0826. The van der Waals surface area contributed by atoms with Crippen molar-refractivity contribution in [1.82, 2.24) is 14.9 Å². The number of nitrogens with zero attached hydrogens (tertiary/aromatic N) is 1. The van der Waals surface area contributed by atoms with Gasteiger partial charge in [-0.25, -0.2) is 4.79 Å². The zero-order valence-corrected chi connectivity index (χ0v) is 20.0. The normalized spacial score (nSPS) is 10.7. The van der Waals surface area contributed by atoms with Crippen molar-refractivity contribution >= 4 is 35.0 Å². The lowest BCUT2D eigenvalue weighted by Crippen LogP contribution is -2.25. The Morgan fingerprint density at radius 2 is 1.77 bits per heavy atom. The first-order valence-corrected chi connectivity index (χ1v) is 11.2. The van der Waals surface area contributed by atoms with Gasteiger partial charge in [-0.1, -0.05) is 30.3 Å². The minimum Gasteiger partial charge on any atom is -0.496 e. The molecule has 8 nitrogen and oxygen atoms in total. The van der Waals surface area contributed by atoms with Crippen molar-refractivity contribution in [2.75, 3.05) is 14.2 Å². The van der Waals surface area contributed by atoms with E-state index in [-0.39, 0.29) is 22.7 Å². The molecule has 178 valence electrons. The number of hydrogen-bond donors (Lipinski definition) is 2. The molecule has 4 rings (SSSR count). The van der Waals surface area contributed by atoms with Gasteiger partial charge >= 0.3 is 5.97 Å². The Hall–Kier alpha value is -4.24. The highest BCUT2D eigenvalue weighted by molar-refractivity contribution is 7.71. The Morgan fingerprint density at radius 3 is 2.49 bits per heavy atom. The zero-order chi connectivity index (χ0) is 24.9. The van der Waals surface area contributed by atoms with Crippen LogP contribution in [0, 0.1) is 4.77 Å². The number of aromatic amines is 1. The van der Waals surface area contributed by atoms with Gasteiger partial charge in [0.1, 0.15) is 5.75 Å². The van der Waals surface area contributed by atoms with Gasteiger partial charge in [-0.15, -0.1) is 0 Å². The molecule has 35 heavy (non-hydrogen) atoms. The van der Waals surface area contributed by atoms with Crippen LogP contribution >= 0.6 is 12.2 Å². The standard InChI is InChI=1S/C26H23N3O5S/c1-33-22-6-4-3-5-18(22)15-27-23(30)13-16-7-10-19(11-8-16)29-24(31)20-12-9-17(25(32)34-2)14-21(20)28-26(29)35/h3-12,14H,13,15H2,1-2H3,(H,27,30)(H,28,35). The zero-order valence-electron chi connectivity index (χ0n) is 19.2. The Labute approximate surface area is 206 Å². The van der Waals surface area contributed by atoms with Gasteiger partial charge in [0, 0.05) is 12.1 Å². The smallest absolute Gasteiger partial charge is 0.337 e. The molecule has 0 aliphatic heterocycles. The number of fused-ring (bicyclic) bond motifs is 1. The van der Waals surface area contributed by atoms with E-state index in [4.69, 9.17) is 21.7 Å². The van der Waals surface area contributed by atoms with Gasteiger partial charge in [0.25, 0.3) is 5.56 Å². The minimum atomic E-state index is -0.502. The molecule has 4 aromatic rings. The molecule has 1 aromatic heterocycles. The van der Waals surface area contributed by atoms with E-state index in [1.54, 1.807) is 37.4 Å². The van der Waals surface area contributed by atoms with Crippen molar-refractivity contribution in [2.24, 2.45) is 0 Å². The maximum Gasteiger partial charge on any atom is 0.337 e. The molecule has 0 fully saturated rings. The van der Waals surface area contributed by atoms with Crippen molar-refractivity contribution in [3.63, 3.8) is 0 Å². The number of esters is 1. The number of methoxy groups -OCH3 is 2. The molecule has 0 spiro atoms. The summed E-state index contributed by atoms with van der Waals surface area (Å²) in [6.45, 7) is 0.361. The maximum absolute atomic E-state index is 13.1. The van der Waals surface area contributed by atoms with Gasteiger partial charge < -0.3 is 19.8 Å². The van der Waals surface area contributed by atoms with Crippen molar-refractivity contribution in [3.05, 3.63) is 98.5 Å². The molecule has 0 aliphatic carbocycles. The molecule has 0 atom stereocenters. The molecule has 3 aromatic carbocycles. The fourth-order valence-corrected chi connectivity index (χ4v) is 4.05. The SMILES string of the molecule is COC(=O)c1ccc2c(=O)n(-c3ccc(CC(=O)NCc4ccccc4OC)cc3)c(=S)[nH]c2c1. The van der Waals surface area contributed by atoms with E-state index in [1.165, 1.54) is 23.8 Å². The topological polar surface area (TPSA) is 102 Å². The Morgan fingerprint density at radius 1 is 1.03 bits per heavy atom. The summed E-state index contributed by atoms with van der Waals surface area (Å²) in [5, 5.41) is 3.28. The molecular weight excluding hydrogens is 466 g/mol. The van der Waals surface area contributed by atoms with Crippen LogP contribution in [0.5, 0.6) is 5.75 Å². The average molecular weight is 490 g/mol. The van der Waals surface area contributed by atoms with Crippen LogP contribution in [0.4, 0.5) is 0 Å². The predicted molar refractivity (Wildman–Crippen MR) is 135 cm³/mol. The van der Waals surface area contributed by atoms with Gasteiger partial charge in [0.05, 0.1) is 42.8 Å². The highest BCUT2D eigenvalue weighted by Crippen LogP contribution is 2.17. The van der Waals surface area contributed by atoms with Crippen LogP contribution in [0.25, 0.3) is 16.6 Å². The fraction of sp³-hybridized carbons (Fsp3) is 0.154. The third-order valence-corrected chi connectivity index (χ3v) is 5.83. The van der Waals surface area contributed by atoms with E-state index in [0.717, 1.165) is 16.9 Å². The molecule has 0 unspecified atom stereocenters. The molecule has 1 heterocycles. The summed E-state index contributed by atoms with van der Waals surface area (Å²) in [6.07, 6.45) is 0.186. The monoisotopic (exact) mass is 489 g/mol. The molecular formula is C26H23N3O5S. The second-order valence-corrected chi connectivity index (χ2v) is 8.14. The van der Waals surface area contributed by atoms with E-state index in [2.05, 4.69) is 10.3 Å². The molecule has 1 amide bonds. The predicted octanol–water partition coefficient (Wildman–Crippen LogP) is 3.70. The summed E-state index contributed by atoms with van der Waals surface area (Å²) < 4.78 is 11.6. The number of nitrogens with one attached hydrogen (secondary N) is 2. The molecule has 0 radical (unpaired) electrons. The summed E-state index contributed by atoms with van der Waals surface area (Å²) in [7, 11) is 2.88. The number of ether oxygens (including phenoxy) is 2. The largest absolute Gasteiger partial charge is 0.496 e. The van der Waals surface area contributed by atoms with Crippen LogP contribution in [-0.2, 0) is 22.5 Å². The van der Waals surface area contributed by atoms with Gasteiger partial charge in [-0.05, 0) is 54.2 Å². The van der Waals surface area contributed by atoms with Gasteiger partial charge in [0.2, 0.25) is 5.91 Å². The number of carbonyl (C=O) groups excluding carboxylic acids is 2. The second-order valence-electron chi connectivity index (χ2n) is 7.75. The van der Waals surface area contributed by atoms with Gasteiger partial charge in [-0.3, -0.25) is 14.2 Å². The van der Waals surface area contributed by atoms with Crippen LogP contribution in [0.1, 0.15) is 21.5 Å². The summed E-state index contributed by atoms with van der Waals surface area (Å²) in [5.41, 5.74) is 2.69. The average Bonchev–Trinajstić information content (AvgIpc) is 2.87. The minimum absolute atomic E-state index is 0.134. The lowest BCUT2D eigenvalue weighted by molar-refractivity contribution is -0.120. The van der Waals surface area contributed by atoms with Crippen LogP contribution in [0.3, 0.4) is 0 Å². The van der Waals surface area contributed by atoms with Crippen LogP contribution in [0.2, 0.25) is 0 Å². The summed E-state index contributed by atoms with van der Waals surface area (Å²) in [6, 6.07) is 19.2. The lowest BCUT2D eigenvalue weighted by atomic mass is 10.1. The van der Waals surface area contributed by atoms with E-state index in [0.29, 0.717) is 28.7 Å². The first-order valence-electron chi connectivity index (χ1n) is 10.8. The molecule has 0 saturated carbocycles. The number of para-hydroxylation sites is 1. The molecule has 0 saturated heterocycles. The van der Waals surface area contributed by atoms with Gasteiger partial charge in [-0.2, -0.15) is 0 Å². The number of amides is 1. The number of H-pyrrole nitrogens is 1. The second kappa shape index (κ2) is 10.4. The Balaban J connectivity index is 1.51. The molecule has 0 bridgehead atoms. The van der Waals surface area contributed by atoms with Crippen molar-refractivity contribution < 1.29 is 19.1 Å². The number of aromatic nitrogens is 2. The Bertz CT molecular complexity index is 1520. The molecule has 9 heteroatoms. The van der Waals surface area contributed by atoms with Crippen molar-refractivity contribution in [3.8, 4) is 11.4 Å².